The molecule has 1 fully saturated rings. The van der Waals surface area contributed by atoms with E-state index in [1.54, 1.807) is 30.2 Å². The van der Waals surface area contributed by atoms with Crippen molar-refractivity contribution >= 4 is 18.0 Å². The maximum atomic E-state index is 11.8. The van der Waals surface area contributed by atoms with Crippen molar-refractivity contribution in [1.29, 1.82) is 0 Å². The first-order chi connectivity index (χ1) is 10.0. The average molecular weight is 291 g/mol. The number of carboxylic acid groups (broad SMARTS) is 1. The molecule has 1 aliphatic carbocycles. The van der Waals surface area contributed by atoms with Crippen LogP contribution in [0.25, 0.3) is 6.08 Å². The van der Waals surface area contributed by atoms with E-state index in [-0.39, 0.29) is 12.5 Å². The minimum atomic E-state index is -0.807. The molecule has 114 valence electrons. The van der Waals surface area contributed by atoms with Crippen LogP contribution in [0.2, 0.25) is 0 Å². The van der Waals surface area contributed by atoms with E-state index in [1.807, 2.05) is 0 Å². The summed E-state index contributed by atoms with van der Waals surface area (Å²) in [4.78, 5) is 23.3. The summed E-state index contributed by atoms with van der Waals surface area (Å²) in [6.07, 6.45) is 10.7. The number of carboxylic acids is 1. The van der Waals surface area contributed by atoms with Crippen LogP contribution in [-0.2, 0) is 16.6 Å². The fourth-order valence-corrected chi connectivity index (χ4v) is 2.71. The Balaban J connectivity index is 1.90. The van der Waals surface area contributed by atoms with Crippen LogP contribution in [0.1, 0.15) is 37.7 Å². The molecule has 1 saturated carbocycles. The molecule has 1 aliphatic rings. The van der Waals surface area contributed by atoms with Crippen LogP contribution in [-0.4, -0.2) is 33.3 Å². The zero-order valence-electron chi connectivity index (χ0n) is 12.2. The molecule has 0 unspecified atom stereocenters. The third-order valence-corrected chi connectivity index (χ3v) is 4.02. The number of hydrogen-bond donors (Lipinski definition) is 2. The molecule has 0 spiro atoms. The van der Waals surface area contributed by atoms with Crippen molar-refractivity contribution in [3.63, 3.8) is 0 Å². The minimum Gasteiger partial charge on any atom is -0.481 e. The summed E-state index contributed by atoms with van der Waals surface area (Å²) < 4.78 is 1.65. The average Bonchev–Trinajstić information content (AvgIpc) is 2.89. The molecule has 0 atom stereocenters. The first kappa shape index (κ1) is 15.3. The zero-order chi connectivity index (χ0) is 15.3. The van der Waals surface area contributed by atoms with E-state index in [0.29, 0.717) is 12.8 Å². The predicted molar refractivity (Wildman–Crippen MR) is 78.4 cm³/mol. The largest absolute Gasteiger partial charge is 0.481 e. The van der Waals surface area contributed by atoms with Crippen molar-refractivity contribution in [2.75, 3.05) is 6.54 Å². The first-order valence-corrected chi connectivity index (χ1v) is 7.20. The van der Waals surface area contributed by atoms with Gasteiger partial charge in [-0.05, 0) is 18.9 Å². The van der Waals surface area contributed by atoms with E-state index in [0.717, 1.165) is 24.8 Å². The van der Waals surface area contributed by atoms with E-state index < -0.39 is 11.4 Å². The Hall–Kier alpha value is -2.11. The van der Waals surface area contributed by atoms with Crippen molar-refractivity contribution in [2.45, 2.75) is 32.1 Å². The van der Waals surface area contributed by atoms with Crippen LogP contribution in [0.4, 0.5) is 0 Å². The monoisotopic (exact) mass is 291 g/mol. The Morgan fingerprint density at radius 3 is 2.71 bits per heavy atom. The van der Waals surface area contributed by atoms with Gasteiger partial charge in [-0.3, -0.25) is 14.3 Å². The van der Waals surface area contributed by atoms with E-state index in [2.05, 4.69) is 10.4 Å². The number of nitrogens with one attached hydrogen (secondary N) is 1. The Bertz CT molecular complexity index is 542. The van der Waals surface area contributed by atoms with Crippen molar-refractivity contribution in [3.05, 3.63) is 24.0 Å². The van der Waals surface area contributed by atoms with Gasteiger partial charge in [0.25, 0.3) is 0 Å². The maximum absolute atomic E-state index is 11.8. The van der Waals surface area contributed by atoms with Crippen LogP contribution in [0, 0.1) is 5.41 Å². The van der Waals surface area contributed by atoms with Gasteiger partial charge >= 0.3 is 5.97 Å². The van der Waals surface area contributed by atoms with E-state index in [9.17, 15) is 14.7 Å². The molecule has 1 aromatic heterocycles. The highest BCUT2D eigenvalue weighted by molar-refractivity contribution is 5.92. The van der Waals surface area contributed by atoms with Gasteiger partial charge in [-0.2, -0.15) is 5.10 Å². The Kier molecular flexibility index (Phi) is 4.77. The summed E-state index contributed by atoms with van der Waals surface area (Å²) in [6, 6.07) is 0. The smallest absolute Gasteiger partial charge is 0.311 e. The lowest BCUT2D eigenvalue weighted by Gasteiger charge is -2.33. The first-order valence-electron chi connectivity index (χ1n) is 7.20. The number of amides is 1. The number of rotatable bonds is 5. The third-order valence-electron chi connectivity index (χ3n) is 4.02. The van der Waals surface area contributed by atoms with E-state index >= 15 is 0 Å². The number of carbonyl (C=O) groups excluding carboxylic acids is 1. The summed E-state index contributed by atoms with van der Waals surface area (Å²) >= 11 is 0. The molecule has 0 saturated heterocycles. The fraction of sp³-hybridized carbons (Fsp3) is 0.533. The highest BCUT2D eigenvalue weighted by Gasteiger charge is 2.39. The molecule has 0 aromatic carbocycles. The van der Waals surface area contributed by atoms with Crippen LogP contribution in [0.15, 0.2) is 18.5 Å². The molecular weight excluding hydrogens is 270 g/mol. The summed E-state index contributed by atoms with van der Waals surface area (Å²) in [7, 11) is 1.80. The van der Waals surface area contributed by atoms with Crippen LogP contribution >= 0.6 is 0 Å². The predicted octanol–water partition coefficient (Wildman–Crippen LogP) is 1.58. The van der Waals surface area contributed by atoms with Gasteiger partial charge in [0.05, 0.1) is 11.6 Å². The van der Waals surface area contributed by atoms with Gasteiger partial charge in [-0.1, -0.05) is 19.3 Å². The molecule has 0 radical (unpaired) electrons. The second-order valence-corrected chi connectivity index (χ2v) is 5.64. The molecule has 1 aromatic rings. The maximum Gasteiger partial charge on any atom is 0.311 e. The lowest BCUT2D eigenvalue weighted by atomic mass is 9.74. The van der Waals surface area contributed by atoms with Gasteiger partial charge in [0.2, 0.25) is 5.91 Å². The third kappa shape index (κ3) is 3.93. The van der Waals surface area contributed by atoms with E-state index in [1.165, 1.54) is 6.08 Å². The Morgan fingerprint density at radius 2 is 2.14 bits per heavy atom. The Morgan fingerprint density at radius 1 is 1.43 bits per heavy atom. The second kappa shape index (κ2) is 6.56. The SMILES string of the molecule is Cn1cc(/C=C/C(=O)NCC2(C(=O)O)CCCCC2)cn1. The zero-order valence-corrected chi connectivity index (χ0v) is 12.2. The second-order valence-electron chi connectivity index (χ2n) is 5.64. The molecule has 6 heteroatoms. The molecule has 6 nitrogen and oxygen atoms in total. The lowest BCUT2D eigenvalue weighted by molar-refractivity contribution is -0.150. The quantitative estimate of drug-likeness (QED) is 0.807. The number of aliphatic carboxylic acids is 1. The number of carbonyl (C=O) groups is 2. The van der Waals surface area contributed by atoms with Crippen molar-refractivity contribution in [2.24, 2.45) is 12.5 Å². The van der Waals surface area contributed by atoms with Gasteiger partial charge in [0.15, 0.2) is 0 Å². The summed E-state index contributed by atoms with van der Waals surface area (Å²) in [5.41, 5.74) is 0.0361. The highest BCUT2D eigenvalue weighted by Crippen LogP contribution is 2.35. The van der Waals surface area contributed by atoms with Crippen LogP contribution in [0.3, 0.4) is 0 Å². The van der Waals surface area contributed by atoms with Gasteiger partial charge in [0, 0.05) is 31.4 Å². The summed E-state index contributed by atoms with van der Waals surface area (Å²) in [5.74, 6) is -1.08. The molecule has 0 aliphatic heterocycles. The molecule has 1 heterocycles. The van der Waals surface area contributed by atoms with Gasteiger partial charge in [-0.15, -0.1) is 0 Å². The normalized spacial score (nSPS) is 17.8. The summed E-state index contributed by atoms with van der Waals surface area (Å²) in [5, 5.41) is 16.2. The number of aryl methyl sites for hydroxylation is 1. The van der Waals surface area contributed by atoms with Gasteiger partial charge < -0.3 is 10.4 Å². The molecular formula is C15H21N3O3. The molecule has 2 N–H and O–H groups in total. The summed E-state index contributed by atoms with van der Waals surface area (Å²) in [6.45, 7) is 0.193. The molecule has 1 amide bonds. The number of aromatic nitrogens is 2. The molecule has 2 rings (SSSR count). The fourth-order valence-electron chi connectivity index (χ4n) is 2.71. The molecule has 0 bridgehead atoms. The van der Waals surface area contributed by atoms with Gasteiger partial charge in [-0.25, -0.2) is 0 Å². The Labute approximate surface area is 123 Å². The van der Waals surface area contributed by atoms with Crippen molar-refractivity contribution < 1.29 is 14.7 Å². The molecule has 21 heavy (non-hydrogen) atoms. The van der Waals surface area contributed by atoms with Crippen LogP contribution < -0.4 is 5.32 Å². The minimum absolute atomic E-state index is 0.193. The number of hydrogen-bond acceptors (Lipinski definition) is 3. The number of nitrogens with zero attached hydrogens (tertiary/aromatic N) is 2. The van der Waals surface area contributed by atoms with Crippen LogP contribution in [0.5, 0.6) is 0 Å². The standard InChI is InChI=1S/C15H21N3O3/c1-18-10-12(9-17-18)5-6-13(19)16-11-15(14(20)21)7-3-2-4-8-15/h5-6,9-10H,2-4,7-8,11H2,1H3,(H,16,19)(H,20,21)/b6-5+. The highest BCUT2D eigenvalue weighted by atomic mass is 16.4. The lowest BCUT2D eigenvalue weighted by Crippen LogP contribution is -2.44. The van der Waals surface area contributed by atoms with E-state index in [4.69, 9.17) is 0 Å². The van der Waals surface area contributed by atoms with Crippen molar-refractivity contribution in [1.82, 2.24) is 15.1 Å². The topological polar surface area (TPSA) is 84.2 Å². The van der Waals surface area contributed by atoms with Crippen molar-refractivity contribution in [3.8, 4) is 0 Å². The van der Waals surface area contributed by atoms with Gasteiger partial charge in [0.1, 0.15) is 0 Å².